The average Bonchev–Trinajstić information content (AvgIpc) is 3.23. The van der Waals surface area contributed by atoms with E-state index in [9.17, 15) is 14.7 Å². The second kappa shape index (κ2) is 9.39. The fourth-order valence-corrected chi connectivity index (χ4v) is 3.67. The maximum absolute atomic E-state index is 12.7. The number of ketones is 1. The van der Waals surface area contributed by atoms with Crippen LogP contribution in [0.4, 0.5) is 0 Å². The highest BCUT2D eigenvalue weighted by molar-refractivity contribution is 5.96. The van der Waals surface area contributed by atoms with Gasteiger partial charge in [-0.25, -0.2) is 14.5 Å². The highest BCUT2D eigenvalue weighted by atomic mass is 16.4. The molecule has 0 aliphatic heterocycles. The number of Topliss-reactive ketones (excluding diaryl/α,β-unsaturated/α-hetero) is 1. The van der Waals surface area contributed by atoms with Crippen LogP contribution in [0.25, 0.3) is 11.1 Å². The lowest BCUT2D eigenvalue weighted by atomic mass is 9.96. The van der Waals surface area contributed by atoms with Crippen LogP contribution in [0, 0.1) is 0 Å². The first-order valence-electron chi connectivity index (χ1n) is 10.5. The van der Waals surface area contributed by atoms with Crippen molar-refractivity contribution in [3.63, 3.8) is 0 Å². The quantitative estimate of drug-likeness (QED) is 0.414. The largest absolute Gasteiger partial charge is 0.478 e. The number of carboxylic acid groups (broad SMARTS) is 1. The van der Waals surface area contributed by atoms with Crippen LogP contribution in [-0.2, 0) is 19.4 Å². The van der Waals surface area contributed by atoms with E-state index in [0.29, 0.717) is 24.4 Å². The number of hydrogen-bond donors (Lipinski definition) is 1. The lowest BCUT2D eigenvalue weighted by Gasteiger charge is -2.09. The van der Waals surface area contributed by atoms with Crippen LogP contribution in [0.1, 0.15) is 44.9 Å². The maximum atomic E-state index is 12.7. The Labute approximate surface area is 186 Å². The molecule has 0 atom stereocenters. The van der Waals surface area contributed by atoms with Gasteiger partial charge in [0.15, 0.2) is 0 Å². The number of rotatable bonds is 8. The first-order chi connectivity index (χ1) is 15.5. The summed E-state index contributed by atoms with van der Waals surface area (Å²) in [6.07, 6.45) is 0.623. The summed E-state index contributed by atoms with van der Waals surface area (Å²) in [6.45, 7) is 2.50. The molecule has 0 saturated heterocycles. The second-order valence-electron chi connectivity index (χ2n) is 7.48. The van der Waals surface area contributed by atoms with E-state index >= 15 is 0 Å². The Morgan fingerprint density at radius 2 is 1.59 bits per heavy atom. The van der Waals surface area contributed by atoms with E-state index in [4.69, 9.17) is 0 Å². The molecule has 6 heteroatoms. The van der Waals surface area contributed by atoms with Crippen LogP contribution >= 0.6 is 0 Å². The lowest BCUT2D eigenvalue weighted by molar-refractivity contribution is 0.0697. The summed E-state index contributed by atoms with van der Waals surface area (Å²) < 4.78 is 1.70. The Hall–Kier alpha value is -4.06. The Bertz CT molecular complexity index is 1250. The van der Waals surface area contributed by atoms with Crippen molar-refractivity contribution in [1.82, 2.24) is 14.8 Å². The number of aromatic nitrogens is 3. The molecule has 0 unspecified atom stereocenters. The van der Waals surface area contributed by atoms with Gasteiger partial charge < -0.3 is 5.11 Å². The third-order valence-electron chi connectivity index (χ3n) is 5.27. The van der Waals surface area contributed by atoms with Crippen molar-refractivity contribution in [2.24, 2.45) is 0 Å². The van der Waals surface area contributed by atoms with Crippen molar-refractivity contribution < 1.29 is 14.7 Å². The number of carboxylic acids is 1. The number of aromatic carboxylic acids is 1. The van der Waals surface area contributed by atoms with E-state index in [2.05, 4.69) is 10.1 Å². The maximum Gasteiger partial charge on any atom is 0.336 e. The molecule has 0 spiro atoms. The highest BCUT2D eigenvalue weighted by Crippen LogP contribution is 2.25. The molecular formula is C26H23N3O3. The van der Waals surface area contributed by atoms with Gasteiger partial charge >= 0.3 is 5.97 Å². The van der Waals surface area contributed by atoms with Gasteiger partial charge in [0.25, 0.3) is 0 Å². The van der Waals surface area contributed by atoms with E-state index in [-0.39, 0.29) is 23.6 Å². The van der Waals surface area contributed by atoms with E-state index < -0.39 is 5.97 Å². The van der Waals surface area contributed by atoms with Crippen molar-refractivity contribution >= 4 is 11.8 Å². The Balaban J connectivity index is 1.60. The summed E-state index contributed by atoms with van der Waals surface area (Å²) in [4.78, 5) is 29.1. The van der Waals surface area contributed by atoms with Gasteiger partial charge in [-0.1, -0.05) is 72.8 Å². The van der Waals surface area contributed by atoms with Crippen LogP contribution in [0.15, 0.2) is 78.9 Å². The molecule has 0 amide bonds. The zero-order valence-corrected chi connectivity index (χ0v) is 17.7. The monoisotopic (exact) mass is 425 g/mol. The number of nitrogens with zero attached hydrogens (tertiary/aromatic N) is 3. The molecule has 3 aromatic carbocycles. The number of carbonyl (C=O) groups is 2. The van der Waals surface area contributed by atoms with Crippen molar-refractivity contribution in [3.8, 4) is 11.1 Å². The van der Waals surface area contributed by atoms with Crippen LogP contribution < -0.4 is 0 Å². The normalized spacial score (nSPS) is 10.8. The molecule has 0 saturated carbocycles. The Morgan fingerprint density at radius 1 is 0.906 bits per heavy atom. The Kier molecular flexibility index (Phi) is 6.22. The molecule has 0 aliphatic carbocycles. The van der Waals surface area contributed by atoms with Crippen LogP contribution in [0.2, 0.25) is 0 Å². The fourth-order valence-electron chi connectivity index (χ4n) is 3.67. The van der Waals surface area contributed by atoms with Gasteiger partial charge in [-0.15, -0.1) is 5.10 Å². The van der Waals surface area contributed by atoms with Crippen LogP contribution in [0.3, 0.4) is 0 Å². The molecule has 160 valence electrons. The minimum atomic E-state index is -0.985. The predicted octanol–water partition coefficient (Wildman–Crippen LogP) is 4.68. The van der Waals surface area contributed by atoms with Gasteiger partial charge in [0.05, 0.1) is 5.56 Å². The summed E-state index contributed by atoms with van der Waals surface area (Å²) in [5, 5.41) is 14.1. The van der Waals surface area contributed by atoms with Crippen molar-refractivity contribution in [1.29, 1.82) is 0 Å². The van der Waals surface area contributed by atoms with Gasteiger partial charge in [-0.05, 0) is 35.2 Å². The third-order valence-corrected chi connectivity index (χ3v) is 5.27. The lowest BCUT2D eigenvalue weighted by Crippen LogP contribution is -2.07. The standard InChI is InChI=1S/C26H23N3O3/c1-2-29-24(27-25(28-29)23(30)16-18-9-5-3-6-10-18)17-19-13-14-21(22(15-19)26(31)32)20-11-7-4-8-12-20/h3-15H,2,16-17H2,1H3,(H,31,32). The minimum Gasteiger partial charge on any atom is -0.478 e. The number of hydrogen-bond acceptors (Lipinski definition) is 4. The van der Waals surface area contributed by atoms with Crippen LogP contribution in [-0.4, -0.2) is 31.6 Å². The van der Waals surface area contributed by atoms with E-state index in [1.165, 1.54) is 0 Å². The molecular weight excluding hydrogens is 402 g/mol. The molecule has 0 aliphatic rings. The topological polar surface area (TPSA) is 85.1 Å². The molecule has 4 aromatic rings. The molecule has 6 nitrogen and oxygen atoms in total. The summed E-state index contributed by atoms with van der Waals surface area (Å²) in [5.41, 5.74) is 3.46. The molecule has 1 N–H and O–H groups in total. The van der Waals surface area contributed by atoms with E-state index in [1.807, 2.05) is 79.7 Å². The summed E-state index contributed by atoms with van der Waals surface area (Å²) >= 11 is 0. The second-order valence-corrected chi connectivity index (χ2v) is 7.48. The zero-order chi connectivity index (χ0) is 22.5. The summed E-state index contributed by atoms with van der Waals surface area (Å²) in [6, 6.07) is 24.3. The van der Waals surface area contributed by atoms with Crippen LogP contribution in [0.5, 0.6) is 0 Å². The van der Waals surface area contributed by atoms with Gasteiger partial charge in [0.1, 0.15) is 5.82 Å². The third kappa shape index (κ3) is 4.64. The van der Waals surface area contributed by atoms with Gasteiger partial charge in [0.2, 0.25) is 11.6 Å². The van der Waals surface area contributed by atoms with Crippen molar-refractivity contribution in [2.45, 2.75) is 26.3 Å². The smallest absolute Gasteiger partial charge is 0.336 e. The summed E-state index contributed by atoms with van der Waals surface area (Å²) in [7, 11) is 0. The molecule has 32 heavy (non-hydrogen) atoms. The number of carbonyl (C=O) groups excluding carboxylic acids is 1. The predicted molar refractivity (Wildman–Crippen MR) is 122 cm³/mol. The molecule has 4 rings (SSSR count). The molecule has 0 bridgehead atoms. The first kappa shape index (κ1) is 21.2. The fraction of sp³-hybridized carbons (Fsp3) is 0.154. The first-order valence-corrected chi connectivity index (χ1v) is 10.5. The average molecular weight is 425 g/mol. The number of aryl methyl sites for hydroxylation is 1. The molecule has 0 fully saturated rings. The SMILES string of the molecule is CCn1nc(C(=O)Cc2ccccc2)nc1Cc1ccc(-c2ccccc2)c(C(=O)O)c1. The van der Waals surface area contributed by atoms with E-state index in [0.717, 1.165) is 16.7 Å². The molecule has 1 heterocycles. The Morgan fingerprint density at radius 3 is 2.25 bits per heavy atom. The van der Waals surface area contributed by atoms with Gasteiger partial charge in [-0.3, -0.25) is 4.79 Å². The minimum absolute atomic E-state index is 0.143. The van der Waals surface area contributed by atoms with E-state index in [1.54, 1.807) is 10.7 Å². The molecule has 0 radical (unpaired) electrons. The highest BCUT2D eigenvalue weighted by Gasteiger charge is 2.18. The van der Waals surface area contributed by atoms with Crippen molar-refractivity contribution in [3.05, 3.63) is 107 Å². The summed E-state index contributed by atoms with van der Waals surface area (Å²) in [5.74, 6) is -0.311. The molecule has 1 aromatic heterocycles. The van der Waals surface area contributed by atoms with Gasteiger partial charge in [0, 0.05) is 19.4 Å². The number of benzene rings is 3. The zero-order valence-electron chi connectivity index (χ0n) is 17.7. The van der Waals surface area contributed by atoms with Crippen molar-refractivity contribution in [2.75, 3.05) is 0 Å². The van der Waals surface area contributed by atoms with Gasteiger partial charge in [-0.2, -0.15) is 0 Å².